The first kappa shape index (κ1) is 15.1. The minimum absolute atomic E-state index is 0.00378. The Kier molecular flexibility index (Phi) is 5.26. The molecule has 20 heavy (non-hydrogen) atoms. The van der Waals surface area contributed by atoms with Crippen LogP contribution in [0.4, 0.5) is 8.78 Å². The van der Waals surface area contributed by atoms with Crippen LogP contribution in [-0.4, -0.2) is 0 Å². The molecule has 106 valence electrons. The Morgan fingerprint density at radius 2 is 1.95 bits per heavy atom. The highest BCUT2D eigenvalue weighted by Crippen LogP contribution is 2.20. The second-order valence-electron chi connectivity index (χ2n) is 4.63. The Hall–Kier alpha value is -1.26. The summed E-state index contributed by atoms with van der Waals surface area (Å²) in [5.41, 5.74) is 1.47. The van der Waals surface area contributed by atoms with Crippen LogP contribution in [0.2, 0.25) is 0 Å². The fourth-order valence-electron chi connectivity index (χ4n) is 2.13. The predicted molar refractivity (Wildman–Crippen MR) is 80.4 cm³/mol. The molecule has 0 saturated heterocycles. The van der Waals surface area contributed by atoms with E-state index in [9.17, 15) is 8.78 Å². The molecule has 1 atom stereocenters. The van der Waals surface area contributed by atoms with Crippen molar-refractivity contribution < 1.29 is 8.78 Å². The molecule has 2 aromatic rings. The standard InChI is InChI=1S/C16H16BrF2N/c1-2-16(11-4-3-5-14(18)9-11)20-10-12-8-13(17)6-7-15(12)19/h3-9,16,20H,2,10H2,1H3. The normalized spacial score (nSPS) is 12.4. The molecule has 2 rings (SSSR count). The summed E-state index contributed by atoms with van der Waals surface area (Å²) >= 11 is 3.33. The van der Waals surface area contributed by atoms with Crippen molar-refractivity contribution in [2.45, 2.75) is 25.9 Å². The number of nitrogens with one attached hydrogen (secondary N) is 1. The molecule has 0 amide bonds. The highest BCUT2D eigenvalue weighted by Gasteiger charge is 2.11. The van der Waals surface area contributed by atoms with Gasteiger partial charge >= 0.3 is 0 Å². The van der Waals surface area contributed by atoms with Crippen molar-refractivity contribution in [3.63, 3.8) is 0 Å². The van der Waals surface area contributed by atoms with Gasteiger partial charge in [-0.1, -0.05) is 35.0 Å². The summed E-state index contributed by atoms with van der Waals surface area (Å²) in [5.74, 6) is -0.494. The van der Waals surface area contributed by atoms with E-state index in [0.717, 1.165) is 16.5 Å². The van der Waals surface area contributed by atoms with Crippen LogP contribution in [0.3, 0.4) is 0 Å². The summed E-state index contributed by atoms with van der Waals surface area (Å²) in [6.07, 6.45) is 0.805. The summed E-state index contributed by atoms with van der Waals surface area (Å²) in [6.45, 7) is 2.42. The van der Waals surface area contributed by atoms with Gasteiger partial charge in [-0.2, -0.15) is 0 Å². The third-order valence-corrected chi connectivity index (χ3v) is 3.70. The Morgan fingerprint density at radius 3 is 2.65 bits per heavy atom. The van der Waals surface area contributed by atoms with E-state index in [1.54, 1.807) is 18.2 Å². The fraction of sp³-hybridized carbons (Fsp3) is 0.250. The quantitative estimate of drug-likeness (QED) is 0.810. The molecule has 0 heterocycles. The summed E-state index contributed by atoms with van der Waals surface area (Å²) < 4.78 is 27.8. The van der Waals surface area contributed by atoms with Crippen LogP contribution in [-0.2, 0) is 6.54 Å². The van der Waals surface area contributed by atoms with Crippen molar-refractivity contribution >= 4 is 15.9 Å². The molecule has 2 aromatic carbocycles. The van der Waals surface area contributed by atoms with Gasteiger partial charge in [0.25, 0.3) is 0 Å². The lowest BCUT2D eigenvalue weighted by Crippen LogP contribution is -2.21. The average molecular weight is 340 g/mol. The lowest BCUT2D eigenvalue weighted by atomic mass is 10.0. The van der Waals surface area contributed by atoms with Gasteiger partial charge in [-0.3, -0.25) is 0 Å². The van der Waals surface area contributed by atoms with Crippen molar-refractivity contribution in [3.8, 4) is 0 Å². The molecule has 0 bridgehead atoms. The fourth-order valence-corrected chi connectivity index (χ4v) is 2.54. The van der Waals surface area contributed by atoms with E-state index in [1.165, 1.54) is 18.2 Å². The van der Waals surface area contributed by atoms with E-state index < -0.39 is 0 Å². The van der Waals surface area contributed by atoms with Gasteiger partial charge in [-0.25, -0.2) is 8.78 Å². The van der Waals surface area contributed by atoms with Crippen molar-refractivity contribution in [3.05, 3.63) is 69.7 Å². The Balaban J connectivity index is 2.09. The van der Waals surface area contributed by atoms with Crippen molar-refractivity contribution in [2.75, 3.05) is 0 Å². The third kappa shape index (κ3) is 3.87. The molecule has 1 nitrogen and oxygen atoms in total. The first-order valence-corrected chi connectivity index (χ1v) is 7.32. The molecule has 0 aromatic heterocycles. The van der Waals surface area contributed by atoms with Gasteiger partial charge < -0.3 is 5.32 Å². The Labute approximate surface area is 126 Å². The van der Waals surface area contributed by atoms with Gasteiger partial charge in [0.15, 0.2) is 0 Å². The van der Waals surface area contributed by atoms with Crippen molar-refractivity contribution in [2.24, 2.45) is 0 Å². The first-order chi connectivity index (χ1) is 9.60. The van der Waals surface area contributed by atoms with Gasteiger partial charge in [-0.05, 0) is 42.3 Å². The Morgan fingerprint density at radius 1 is 1.15 bits per heavy atom. The van der Waals surface area contributed by atoms with Crippen LogP contribution in [0.1, 0.15) is 30.5 Å². The smallest absolute Gasteiger partial charge is 0.127 e. The lowest BCUT2D eigenvalue weighted by molar-refractivity contribution is 0.500. The van der Waals surface area contributed by atoms with Crippen LogP contribution in [0.15, 0.2) is 46.9 Å². The van der Waals surface area contributed by atoms with Gasteiger partial charge in [0.05, 0.1) is 0 Å². The topological polar surface area (TPSA) is 12.0 Å². The maximum Gasteiger partial charge on any atom is 0.127 e. The molecular formula is C16H16BrF2N. The largest absolute Gasteiger partial charge is 0.306 e. The summed E-state index contributed by atoms with van der Waals surface area (Å²) in [5, 5.41) is 3.27. The molecule has 0 spiro atoms. The molecule has 0 aliphatic rings. The number of halogens is 3. The molecule has 0 aliphatic heterocycles. The van der Waals surface area contributed by atoms with Crippen LogP contribution in [0.5, 0.6) is 0 Å². The number of rotatable bonds is 5. The molecule has 1 unspecified atom stereocenters. The third-order valence-electron chi connectivity index (χ3n) is 3.21. The van der Waals surface area contributed by atoms with Crippen molar-refractivity contribution in [1.29, 1.82) is 0 Å². The van der Waals surface area contributed by atoms with Gasteiger partial charge in [0.1, 0.15) is 11.6 Å². The van der Waals surface area contributed by atoms with Gasteiger partial charge in [0, 0.05) is 22.6 Å². The average Bonchev–Trinajstić information content (AvgIpc) is 2.43. The minimum atomic E-state index is -0.253. The highest BCUT2D eigenvalue weighted by molar-refractivity contribution is 9.10. The molecule has 0 fully saturated rings. The monoisotopic (exact) mass is 339 g/mol. The summed E-state index contributed by atoms with van der Waals surface area (Å²) in [7, 11) is 0. The first-order valence-electron chi connectivity index (χ1n) is 6.53. The van der Waals surface area contributed by atoms with Gasteiger partial charge in [0.2, 0.25) is 0 Å². The maximum absolute atomic E-state index is 13.7. The lowest BCUT2D eigenvalue weighted by Gasteiger charge is -2.18. The van der Waals surface area contributed by atoms with E-state index >= 15 is 0 Å². The van der Waals surface area contributed by atoms with E-state index in [-0.39, 0.29) is 17.7 Å². The molecule has 0 saturated carbocycles. The van der Waals surface area contributed by atoms with Crippen LogP contribution < -0.4 is 5.32 Å². The molecular weight excluding hydrogens is 324 g/mol. The van der Waals surface area contributed by atoms with E-state index in [4.69, 9.17) is 0 Å². The van der Waals surface area contributed by atoms with Crippen LogP contribution in [0.25, 0.3) is 0 Å². The second-order valence-corrected chi connectivity index (χ2v) is 5.55. The molecule has 0 aliphatic carbocycles. The van der Waals surface area contributed by atoms with Crippen LogP contribution in [0, 0.1) is 11.6 Å². The molecule has 4 heteroatoms. The van der Waals surface area contributed by atoms with E-state index in [2.05, 4.69) is 21.2 Å². The zero-order chi connectivity index (χ0) is 14.5. The summed E-state index contributed by atoms with van der Waals surface area (Å²) in [4.78, 5) is 0. The second kappa shape index (κ2) is 6.95. The Bertz CT molecular complexity index is 586. The number of hydrogen-bond acceptors (Lipinski definition) is 1. The zero-order valence-electron chi connectivity index (χ0n) is 11.2. The predicted octanol–water partition coefficient (Wildman–Crippen LogP) is 4.97. The number of benzene rings is 2. The SMILES string of the molecule is CCC(NCc1cc(Br)ccc1F)c1cccc(F)c1. The van der Waals surface area contributed by atoms with E-state index in [1.807, 2.05) is 13.0 Å². The molecule has 0 radical (unpaired) electrons. The molecule has 1 N–H and O–H groups in total. The van der Waals surface area contributed by atoms with Gasteiger partial charge in [-0.15, -0.1) is 0 Å². The minimum Gasteiger partial charge on any atom is -0.306 e. The highest BCUT2D eigenvalue weighted by atomic mass is 79.9. The van der Waals surface area contributed by atoms with Crippen molar-refractivity contribution in [1.82, 2.24) is 5.32 Å². The zero-order valence-corrected chi connectivity index (χ0v) is 12.8. The maximum atomic E-state index is 13.7. The summed E-state index contributed by atoms with van der Waals surface area (Å²) in [6, 6.07) is 11.4. The number of hydrogen-bond donors (Lipinski definition) is 1. The van der Waals surface area contributed by atoms with Crippen LogP contribution >= 0.6 is 15.9 Å². The van der Waals surface area contributed by atoms with E-state index in [0.29, 0.717) is 12.1 Å².